The molecule has 2 unspecified atom stereocenters. The van der Waals surface area contributed by atoms with Crippen molar-refractivity contribution in [3.05, 3.63) is 11.6 Å². The summed E-state index contributed by atoms with van der Waals surface area (Å²) in [5.41, 5.74) is 0.711. The molecule has 0 saturated heterocycles. The Balaban J connectivity index is 2.91. The van der Waals surface area contributed by atoms with E-state index in [2.05, 4.69) is 32.6 Å². The third-order valence-electron chi connectivity index (χ3n) is 3.36. The number of aldehydes is 1. The number of Topliss-reactive ketones (excluding diaryl/α,β-unsaturated/α-hetero) is 1. The van der Waals surface area contributed by atoms with Gasteiger partial charge >= 0.3 is 0 Å². The summed E-state index contributed by atoms with van der Waals surface area (Å²) in [5.74, 6) is 7.11. The highest BCUT2D eigenvalue weighted by Crippen LogP contribution is 2.41. The Kier molecular flexibility index (Phi) is 4.28. The molecule has 0 aromatic carbocycles. The summed E-state index contributed by atoms with van der Waals surface area (Å²) < 4.78 is 0. The van der Waals surface area contributed by atoms with Crippen LogP contribution in [0.3, 0.4) is 0 Å². The maximum Gasteiger partial charge on any atom is 0.143 e. The van der Waals surface area contributed by atoms with Crippen molar-refractivity contribution in [2.45, 2.75) is 40.5 Å². The summed E-state index contributed by atoms with van der Waals surface area (Å²) in [6, 6.07) is 0. The van der Waals surface area contributed by atoms with Gasteiger partial charge in [0.1, 0.15) is 12.1 Å². The van der Waals surface area contributed by atoms with Gasteiger partial charge in [-0.05, 0) is 24.3 Å². The van der Waals surface area contributed by atoms with Crippen molar-refractivity contribution in [3.8, 4) is 11.8 Å². The van der Waals surface area contributed by atoms with E-state index in [-0.39, 0.29) is 11.3 Å². The molecule has 1 saturated carbocycles. The Bertz CT molecular complexity index is 404. The molecule has 0 radical (unpaired) electrons. The Hall–Kier alpha value is -1.36. The summed E-state index contributed by atoms with van der Waals surface area (Å²) in [6.07, 6.45) is 3.45. The highest BCUT2D eigenvalue weighted by molar-refractivity contribution is 5.80. The lowest BCUT2D eigenvalue weighted by molar-refractivity contribution is -0.126. The molecule has 1 fully saturated rings. The van der Waals surface area contributed by atoms with E-state index in [1.807, 2.05) is 6.92 Å². The van der Waals surface area contributed by atoms with Crippen LogP contribution in [0.2, 0.25) is 0 Å². The number of allylic oxidation sites excluding steroid dienone is 2. The molecule has 0 aromatic heterocycles. The summed E-state index contributed by atoms with van der Waals surface area (Å²) in [5, 5.41) is 0. The molecule has 1 rings (SSSR count). The quantitative estimate of drug-likeness (QED) is 0.396. The lowest BCUT2D eigenvalue weighted by Crippen LogP contribution is -2.37. The van der Waals surface area contributed by atoms with Crippen molar-refractivity contribution in [2.75, 3.05) is 0 Å². The minimum atomic E-state index is -0.0663. The van der Waals surface area contributed by atoms with Crippen molar-refractivity contribution >= 4 is 12.1 Å². The van der Waals surface area contributed by atoms with Gasteiger partial charge in [-0.3, -0.25) is 9.59 Å². The van der Waals surface area contributed by atoms with Crippen LogP contribution in [-0.4, -0.2) is 12.1 Å². The first-order valence-corrected chi connectivity index (χ1v) is 6.02. The van der Waals surface area contributed by atoms with E-state index in [9.17, 15) is 9.59 Å². The molecule has 0 heterocycles. The van der Waals surface area contributed by atoms with Gasteiger partial charge in [0.25, 0.3) is 0 Å². The second-order valence-corrected chi connectivity index (χ2v) is 5.62. The van der Waals surface area contributed by atoms with E-state index in [0.717, 1.165) is 11.9 Å². The molecule has 92 valence electrons. The molecule has 17 heavy (non-hydrogen) atoms. The predicted octanol–water partition coefficient (Wildman–Crippen LogP) is 2.78. The fourth-order valence-corrected chi connectivity index (χ4v) is 2.61. The predicted molar refractivity (Wildman–Crippen MR) is 68.3 cm³/mol. The first-order valence-electron chi connectivity index (χ1n) is 6.02. The van der Waals surface area contributed by atoms with E-state index in [0.29, 0.717) is 24.5 Å². The average molecular weight is 232 g/mol. The van der Waals surface area contributed by atoms with Crippen LogP contribution in [0.25, 0.3) is 0 Å². The van der Waals surface area contributed by atoms with E-state index in [1.54, 1.807) is 0 Å². The zero-order chi connectivity index (χ0) is 13.1. The van der Waals surface area contributed by atoms with E-state index in [1.165, 1.54) is 6.08 Å². The molecule has 1 aliphatic carbocycles. The fraction of sp³-hybridized carbons (Fsp3) is 0.600. The molecule has 0 N–H and O–H groups in total. The normalized spacial score (nSPS) is 28.2. The minimum absolute atomic E-state index is 0.0663. The molecule has 2 nitrogen and oxygen atoms in total. The second-order valence-electron chi connectivity index (χ2n) is 5.62. The van der Waals surface area contributed by atoms with Gasteiger partial charge < -0.3 is 0 Å². The monoisotopic (exact) mass is 232 g/mol. The highest BCUT2D eigenvalue weighted by atomic mass is 16.1. The number of carbonyl (C=O) groups is 2. The van der Waals surface area contributed by atoms with Crippen LogP contribution in [0.5, 0.6) is 0 Å². The minimum Gasteiger partial charge on any atom is -0.300 e. The summed E-state index contributed by atoms with van der Waals surface area (Å²) in [7, 11) is 0. The lowest BCUT2D eigenvalue weighted by Gasteiger charge is -2.38. The number of ketones is 1. The summed E-state index contributed by atoms with van der Waals surface area (Å²) in [4.78, 5) is 21.9. The zero-order valence-corrected chi connectivity index (χ0v) is 11.0. The SMILES string of the molecule is CC(C#CC1C(C)CC(=O)CC1(C)C)=CC=O. The van der Waals surface area contributed by atoms with E-state index >= 15 is 0 Å². The molecular weight excluding hydrogens is 212 g/mol. The first-order chi connectivity index (χ1) is 7.86. The maximum absolute atomic E-state index is 11.6. The number of hydrogen-bond donors (Lipinski definition) is 0. The van der Waals surface area contributed by atoms with Gasteiger partial charge in [-0.1, -0.05) is 32.6 Å². The molecule has 0 aromatic rings. The van der Waals surface area contributed by atoms with Crippen LogP contribution in [0.15, 0.2) is 11.6 Å². The Morgan fingerprint density at radius 2 is 2.12 bits per heavy atom. The number of carbonyl (C=O) groups excluding carboxylic acids is 2. The number of hydrogen-bond acceptors (Lipinski definition) is 2. The van der Waals surface area contributed by atoms with Crippen molar-refractivity contribution in [3.63, 3.8) is 0 Å². The smallest absolute Gasteiger partial charge is 0.143 e. The maximum atomic E-state index is 11.6. The topological polar surface area (TPSA) is 34.1 Å². The van der Waals surface area contributed by atoms with Crippen molar-refractivity contribution in [1.82, 2.24) is 0 Å². The van der Waals surface area contributed by atoms with Crippen LogP contribution in [0.1, 0.15) is 40.5 Å². The summed E-state index contributed by atoms with van der Waals surface area (Å²) >= 11 is 0. The Labute approximate surface area is 103 Å². The zero-order valence-electron chi connectivity index (χ0n) is 11.0. The largest absolute Gasteiger partial charge is 0.300 e. The van der Waals surface area contributed by atoms with Crippen molar-refractivity contribution < 1.29 is 9.59 Å². The average Bonchev–Trinajstić information content (AvgIpc) is 2.14. The molecule has 0 spiro atoms. The first kappa shape index (κ1) is 13.7. The van der Waals surface area contributed by atoms with Crippen LogP contribution in [0, 0.1) is 29.1 Å². The standard InChI is InChI=1S/C15H20O2/c1-11(7-8-16)5-6-14-12(2)9-13(17)10-15(14,3)4/h7-8,12,14H,9-10H2,1-4H3. The van der Waals surface area contributed by atoms with Gasteiger partial charge in [0, 0.05) is 24.3 Å². The van der Waals surface area contributed by atoms with Gasteiger partial charge in [0.2, 0.25) is 0 Å². The van der Waals surface area contributed by atoms with Crippen LogP contribution < -0.4 is 0 Å². The van der Waals surface area contributed by atoms with Gasteiger partial charge in [-0.15, -0.1) is 0 Å². The third kappa shape index (κ3) is 3.56. The molecule has 0 aliphatic heterocycles. The second kappa shape index (κ2) is 5.31. The number of rotatable bonds is 1. The van der Waals surface area contributed by atoms with Gasteiger partial charge in [-0.25, -0.2) is 0 Å². The van der Waals surface area contributed by atoms with E-state index in [4.69, 9.17) is 0 Å². The molecule has 2 atom stereocenters. The molecule has 2 heteroatoms. The van der Waals surface area contributed by atoms with Crippen molar-refractivity contribution in [1.29, 1.82) is 0 Å². The molecule has 1 aliphatic rings. The van der Waals surface area contributed by atoms with Crippen molar-refractivity contribution in [2.24, 2.45) is 17.3 Å². The third-order valence-corrected chi connectivity index (χ3v) is 3.36. The van der Waals surface area contributed by atoms with Crippen LogP contribution in [-0.2, 0) is 9.59 Å². The lowest BCUT2D eigenvalue weighted by atomic mass is 9.64. The fourth-order valence-electron chi connectivity index (χ4n) is 2.61. The van der Waals surface area contributed by atoms with Crippen LogP contribution >= 0.6 is 0 Å². The van der Waals surface area contributed by atoms with Gasteiger partial charge in [-0.2, -0.15) is 0 Å². The molecular formula is C15H20O2. The summed E-state index contributed by atoms with van der Waals surface area (Å²) in [6.45, 7) is 8.10. The highest BCUT2D eigenvalue weighted by Gasteiger charge is 2.39. The Morgan fingerprint density at radius 3 is 2.65 bits per heavy atom. The molecule has 0 bridgehead atoms. The van der Waals surface area contributed by atoms with E-state index < -0.39 is 0 Å². The van der Waals surface area contributed by atoms with Crippen LogP contribution in [0.4, 0.5) is 0 Å². The molecule has 0 amide bonds. The van der Waals surface area contributed by atoms with Gasteiger partial charge in [0.15, 0.2) is 0 Å². The Morgan fingerprint density at radius 1 is 1.47 bits per heavy atom. The van der Waals surface area contributed by atoms with Gasteiger partial charge in [0.05, 0.1) is 0 Å².